The Morgan fingerprint density at radius 1 is 1.10 bits per heavy atom. The summed E-state index contributed by atoms with van der Waals surface area (Å²) in [6.07, 6.45) is 8.36. The Kier molecular flexibility index (Phi) is 6.00. The average Bonchev–Trinajstić information content (AvgIpc) is 2.97. The summed E-state index contributed by atoms with van der Waals surface area (Å²) in [6, 6.07) is 9.33. The van der Waals surface area contributed by atoms with Crippen LogP contribution in [0.3, 0.4) is 0 Å². The van der Waals surface area contributed by atoms with Crippen LogP contribution in [0.2, 0.25) is 0 Å². The van der Waals surface area contributed by atoms with Crippen molar-refractivity contribution in [1.29, 1.82) is 0 Å². The van der Waals surface area contributed by atoms with Gasteiger partial charge < -0.3 is 9.88 Å². The van der Waals surface area contributed by atoms with Gasteiger partial charge in [-0.25, -0.2) is 4.98 Å². The van der Waals surface area contributed by atoms with Crippen molar-refractivity contribution in [3.8, 4) is 5.69 Å². The molecule has 0 aliphatic rings. The van der Waals surface area contributed by atoms with E-state index >= 15 is 0 Å². The van der Waals surface area contributed by atoms with E-state index in [1.807, 2.05) is 12.4 Å². The molecule has 114 valence electrons. The SMILES string of the molecule is CCCNC(CC)c1ccc(-n2ccnc2CCC)cc1. The first-order chi connectivity index (χ1) is 10.3. The van der Waals surface area contributed by atoms with Crippen molar-refractivity contribution in [2.24, 2.45) is 0 Å². The highest BCUT2D eigenvalue weighted by molar-refractivity contribution is 5.37. The number of nitrogens with one attached hydrogen (secondary N) is 1. The molecule has 1 aromatic heterocycles. The van der Waals surface area contributed by atoms with Crippen LogP contribution in [0.4, 0.5) is 0 Å². The van der Waals surface area contributed by atoms with Gasteiger partial charge in [-0.15, -0.1) is 0 Å². The van der Waals surface area contributed by atoms with E-state index in [0.29, 0.717) is 6.04 Å². The molecule has 2 aromatic rings. The lowest BCUT2D eigenvalue weighted by molar-refractivity contribution is 0.518. The minimum Gasteiger partial charge on any atom is -0.310 e. The number of benzene rings is 1. The van der Waals surface area contributed by atoms with E-state index in [4.69, 9.17) is 0 Å². The van der Waals surface area contributed by atoms with Crippen molar-refractivity contribution < 1.29 is 0 Å². The fourth-order valence-corrected chi connectivity index (χ4v) is 2.66. The van der Waals surface area contributed by atoms with Gasteiger partial charge in [-0.2, -0.15) is 0 Å². The monoisotopic (exact) mass is 285 g/mol. The Bertz CT molecular complexity index is 528. The molecule has 3 heteroatoms. The largest absolute Gasteiger partial charge is 0.310 e. The zero-order chi connectivity index (χ0) is 15.1. The van der Waals surface area contributed by atoms with E-state index < -0.39 is 0 Å². The quantitative estimate of drug-likeness (QED) is 0.784. The average molecular weight is 285 g/mol. The molecule has 2 rings (SSSR count). The van der Waals surface area contributed by atoms with Crippen molar-refractivity contribution in [2.45, 2.75) is 52.5 Å². The van der Waals surface area contributed by atoms with E-state index in [9.17, 15) is 0 Å². The summed E-state index contributed by atoms with van der Waals surface area (Å²) in [5.41, 5.74) is 2.57. The molecule has 0 saturated carbocycles. The van der Waals surface area contributed by atoms with Gasteiger partial charge in [-0.1, -0.05) is 32.9 Å². The molecule has 1 atom stereocenters. The fraction of sp³-hybridized carbons (Fsp3) is 0.500. The molecule has 0 bridgehead atoms. The van der Waals surface area contributed by atoms with Crippen LogP contribution in [-0.4, -0.2) is 16.1 Å². The van der Waals surface area contributed by atoms with Gasteiger partial charge in [0.05, 0.1) is 0 Å². The van der Waals surface area contributed by atoms with Crippen molar-refractivity contribution in [3.63, 3.8) is 0 Å². The molecule has 1 heterocycles. The number of hydrogen-bond donors (Lipinski definition) is 1. The lowest BCUT2D eigenvalue weighted by Gasteiger charge is -2.17. The Morgan fingerprint density at radius 3 is 2.48 bits per heavy atom. The smallest absolute Gasteiger partial charge is 0.113 e. The molecule has 1 aromatic carbocycles. The summed E-state index contributed by atoms with van der Waals surface area (Å²) in [5, 5.41) is 3.60. The van der Waals surface area contributed by atoms with Crippen LogP contribution in [0.1, 0.15) is 57.5 Å². The van der Waals surface area contributed by atoms with Gasteiger partial charge in [-0.05, 0) is 43.5 Å². The second-order valence-corrected chi connectivity index (χ2v) is 5.47. The van der Waals surface area contributed by atoms with Crippen molar-refractivity contribution in [1.82, 2.24) is 14.9 Å². The molecular formula is C18H27N3. The van der Waals surface area contributed by atoms with Gasteiger partial charge in [0.15, 0.2) is 0 Å². The summed E-state index contributed by atoms with van der Waals surface area (Å²) < 4.78 is 2.19. The summed E-state index contributed by atoms with van der Waals surface area (Å²) in [4.78, 5) is 4.45. The van der Waals surface area contributed by atoms with Crippen molar-refractivity contribution in [2.75, 3.05) is 6.54 Å². The minimum atomic E-state index is 0.455. The molecule has 0 saturated heterocycles. The van der Waals surface area contributed by atoms with Crippen LogP contribution in [0.25, 0.3) is 5.69 Å². The summed E-state index contributed by atoms with van der Waals surface area (Å²) >= 11 is 0. The number of rotatable bonds is 8. The van der Waals surface area contributed by atoms with Crippen LogP contribution in [0.15, 0.2) is 36.7 Å². The highest BCUT2D eigenvalue weighted by atomic mass is 15.1. The normalized spacial score (nSPS) is 12.5. The predicted molar refractivity (Wildman–Crippen MR) is 88.9 cm³/mol. The first-order valence-electron chi connectivity index (χ1n) is 8.16. The number of nitrogens with zero attached hydrogens (tertiary/aromatic N) is 2. The van der Waals surface area contributed by atoms with Crippen molar-refractivity contribution in [3.05, 3.63) is 48.0 Å². The molecule has 3 nitrogen and oxygen atoms in total. The fourth-order valence-electron chi connectivity index (χ4n) is 2.66. The second kappa shape index (κ2) is 7.99. The summed E-state index contributed by atoms with van der Waals surface area (Å²) in [7, 11) is 0. The second-order valence-electron chi connectivity index (χ2n) is 5.47. The van der Waals surface area contributed by atoms with E-state index in [1.165, 1.54) is 17.7 Å². The Labute approximate surface area is 128 Å². The third kappa shape index (κ3) is 3.94. The number of imidazole rings is 1. The van der Waals surface area contributed by atoms with E-state index in [-0.39, 0.29) is 0 Å². The van der Waals surface area contributed by atoms with Crippen LogP contribution in [0, 0.1) is 0 Å². The molecule has 0 radical (unpaired) electrons. The lowest BCUT2D eigenvalue weighted by Crippen LogP contribution is -2.21. The molecule has 0 amide bonds. The third-order valence-corrected chi connectivity index (χ3v) is 3.81. The first kappa shape index (κ1) is 15.8. The molecular weight excluding hydrogens is 258 g/mol. The summed E-state index contributed by atoms with van der Waals surface area (Å²) in [6.45, 7) is 7.70. The zero-order valence-electron chi connectivity index (χ0n) is 13.5. The zero-order valence-corrected chi connectivity index (χ0v) is 13.5. The maximum absolute atomic E-state index is 4.45. The van der Waals surface area contributed by atoms with Gasteiger partial charge in [-0.3, -0.25) is 0 Å². The maximum Gasteiger partial charge on any atom is 0.113 e. The number of hydrogen-bond acceptors (Lipinski definition) is 2. The predicted octanol–water partition coefficient (Wildman–Crippen LogP) is 4.28. The van der Waals surface area contributed by atoms with Gasteiger partial charge in [0.1, 0.15) is 5.82 Å². The molecule has 0 spiro atoms. The molecule has 21 heavy (non-hydrogen) atoms. The Hall–Kier alpha value is -1.61. The van der Waals surface area contributed by atoms with Crippen molar-refractivity contribution >= 4 is 0 Å². The van der Waals surface area contributed by atoms with Crippen LogP contribution >= 0.6 is 0 Å². The van der Waals surface area contributed by atoms with Crippen LogP contribution in [0.5, 0.6) is 0 Å². The first-order valence-corrected chi connectivity index (χ1v) is 8.16. The van der Waals surface area contributed by atoms with Gasteiger partial charge in [0.2, 0.25) is 0 Å². The summed E-state index contributed by atoms with van der Waals surface area (Å²) in [5.74, 6) is 1.14. The molecule has 1 N–H and O–H groups in total. The van der Waals surface area contributed by atoms with Gasteiger partial charge in [0, 0.05) is 30.5 Å². The number of aromatic nitrogens is 2. The topological polar surface area (TPSA) is 29.9 Å². The third-order valence-electron chi connectivity index (χ3n) is 3.81. The highest BCUT2D eigenvalue weighted by Crippen LogP contribution is 2.19. The standard InChI is InChI=1S/C18H27N3/c1-4-7-18-20-13-14-21(18)16-10-8-15(9-11-16)17(6-3)19-12-5-2/h8-11,13-14,17,19H,4-7,12H2,1-3H3. The van der Waals surface area contributed by atoms with E-state index in [1.54, 1.807) is 0 Å². The van der Waals surface area contributed by atoms with E-state index in [2.05, 4.69) is 59.9 Å². The minimum absolute atomic E-state index is 0.455. The van der Waals surface area contributed by atoms with Gasteiger partial charge in [0.25, 0.3) is 0 Å². The maximum atomic E-state index is 4.45. The van der Waals surface area contributed by atoms with Crippen LogP contribution in [-0.2, 0) is 6.42 Å². The lowest BCUT2D eigenvalue weighted by atomic mass is 10.0. The Morgan fingerprint density at radius 2 is 1.86 bits per heavy atom. The van der Waals surface area contributed by atoms with E-state index in [0.717, 1.165) is 31.6 Å². The highest BCUT2D eigenvalue weighted by Gasteiger charge is 2.09. The number of aryl methyl sites for hydroxylation is 1. The van der Waals surface area contributed by atoms with Crippen LogP contribution < -0.4 is 5.32 Å². The Balaban J connectivity index is 2.16. The molecule has 0 aliphatic carbocycles. The molecule has 0 aliphatic heterocycles. The van der Waals surface area contributed by atoms with Gasteiger partial charge >= 0.3 is 0 Å². The molecule has 0 fully saturated rings. The molecule has 1 unspecified atom stereocenters.